The maximum atomic E-state index is 11.1. The van der Waals surface area contributed by atoms with Gasteiger partial charge < -0.3 is 4.74 Å². The van der Waals surface area contributed by atoms with E-state index in [0.29, 0.717) is 6.61 Å². The summed E-state index contributed by atoms with van der Waals surface area (Å²) in [6.45, 7) is 4.20. The Kier molecular flexibility index (Phi) is 5.15. The zero-order valence-electron chi connectivity index (χ0n) is 9.69. The molecule has 0 bridgehead atoms. The van der Waals surface area contributed by atoms with Crippen LogP contribution in [0.3, 0.4) is 0 Å². The SMILES string of the molecule is CCOC(=O)C#CC(CC)c1ccccc1. The van der Waals surface area contributed by atoms with Crippen LogP contribution >= 0.6 is 0 Å². The van der Waals surface area contributed by atoms with Gasteiger partial charge >= 0.3 is 5.97 Å². The summed E-state index contributed by atoms with van der Waals surface area (Å²) in [5.41, 5.74) is 1.14. The van der Waals surface area contributed by atoms with Crippen LogP contribution in [0.2, 0.25) is 0 Å². The predicted octanol–water partition coefficient (Wildman–Crippen LogP) is 2.75. The van der Waals surface area contributed by atoms with Crippen molar-refractivity contribution < 1.29 is 9.53 Å². The van der Waals surface area contributed by atoms with Gasteiger partial charge in [-0.15, -0.1) is 0 Å². The topological polar surface area (TPSA) is 26.3 Å². The van der Waals surface area contributed by atoms with Crippen molar-refractivity contribution in [1.29, 1.82) is 0 Å². The lowest BCUT2D eigenvalue weighted by Crippen LogP contribution is -2.01. The largest absolute Gasteiger partial charge is 0.456 e. The molecule has 1 aromatic carbocycles. The van der Waals surface area contributed by atoms with Crippen LogP contribution in [0.5, 0.6) is 0 Å². The van der Waals surface area contributed by atoms with Crippen molar-refractivity contribution in [3.05, 3.63) is 35.9 Å². The fourth-order valence-electron chi connectivity index (χ4n) is 1.42. The highest BCUT2D eigenvalue weighted by atomic mass is 16.5. The number of hydrogen-bond donors (Lipinski definition) is 0. The van der Waals surface area contributed by atoms with E-state index in [1.165, 1.54) is 0 Å². The first-order valence-electron chi connectivity index (χ1n) is 5.51. The van der Waals surface area contributed by atoms with Gasteiger partial charge in [0.05, 0.1) is 6.61 Å². The van der Waals surface area contributed by atoms with E-state index in [1.807, 2.05) is 30.3 Å². The lowest BCUT2D eigenvalue weighted by Gasteiger charge is -2.06. The highest BCUT2D eigenvalue weighted by Gasteiger charge is 2.05. The Bertz CT molecular complexity index is 384. The summed E-state index contributed by atoms with van der Waals surface area (Å²) in [6.07, 6.45) is 0.885. The van der Waals surface area contributed by atoms with Crippen LogP contribution in [0.25, 0.3) is 0 Å². The molecule has 1 atom stereocenters. The van der Waals surface area contributed by atoms with Crippen LogP contribution < -0.4 is 0 Å². The summed E-state index contributed by atoms with van der Waals surface area (Å²) in [4.78, 5) is 11.1. The third-order valence-electron chi connectivity index (χ3n) is 2.23. The third kappa shape index (κ3) is 3.78. The standard InChI is InChI=1S/C14H16O2/c1-3-12(10-11-14(15)16-4-2)13-8-6-5-7-9-13/h5-9,12H,3-4H2,1-2H3. The van der Waals surface area contributed by atoms with Gasteiger partial charge in [-0.3, -0.25) is 0 Å². The van der Waals surface area contributed by atoms with Gasteiger partial charge in [0.25, 0.3) is 0 Å². The molecule has 0 N–H and O–H groups in total. The van der Waals surface area contributed by atoms with Crippen molar-refractivity contribution in [1.82, 2.24) is 0 Å². The molecule has 0 fully saturated rings. The van der Waals surface area contributed by atoms with Gasteiger partial charge in [0.2, 0.25) is 0 Å². The Morgan fingerprint density at radius 2 is 2.00 bits per heavy atom. The second-order valence-corrected chi connectivity index (χ2v) is 3.36. The van der Waals surface area contributed by atoms with Gasteiger partial charge in [0, 0.05) is 11.8 Å². The zero-order valence-corrected chi connectivity index (χ0v) is 9.69. The minimum atomic E-state index is -0.447. The molecule has 0 radical (unpaired) electrons. The maximum Gasteiger partial charge on any atom is 0.384 e. The van der Waals surface area contributed by atoms with Crippen LogP contribution in [0.1, 0.15) is 31.7 Å². The second kappa shape index (κ2) is 6.68. The molecule has 0 aliphatic heterocycles. The van der Waals surface area contributed by atoms with Gasteiger partial charge in [-0.25, -0.2) is 4.79 Å². The Morgan fingerprint density at radius 1 is 1.31 bits per heavy atom. The summed E-state index contributed by atoms with van der Waals surface area (Å²) in [6, 6.07) is 9.96. The fourth-order valence-corrected chi connectivity index (χ4v) is 1.42. The average Bonchev–Trinajstić information content (AvgIpc) is 2.31. The van der Waals surface area contributed by atoms with E-state index in [-0.39, 0.29) is 5.92 Å². The third-order valence-corrected chi connectivity index (χ3v) is 2.23. The molecule has 0 heterocycles. The molecule has 0 saturated heterocycles. The molecule has 0 aromatic heterocycles. The van der Waals surface area contributed by atoms with Crippen LogP contribution in [0.15, 0.2) is 30.3 Å². The van der Waals surface area contributed by atoms with Crippen molar-refractivity contribution in [3.8, 4) is 11.8 Å². The van der Waals surface area contributed by atoms with Crippen LogP contribution in [-0.2, 0) is 9.53 Å². The molecule has 0 saturated carbocycles. The molecule has 1 rings (SSSR count). The molecule has 0 aliphatic rings. The molecule has 1 aromatic rings. The van der Waals surface area contributed by atoms with Gasteiger partial charge in [0.15, 0.2) is 0 Å². The second-order valence-electron chi connectivity index (χ2n) is 3.36. The van der Waals surface area contributed by atoms with E-state index >= 15 is 0 Å². The molecule has 0 spiro atoms. The highest BCUT2D eigenvalue weighted by molar-refractivity contribution is 5.88. The normalized spacial score (nSPS) is 11.1. The Labute approximate surface area is 96.6 Å². The minimum Gasteiger partial charge on any atom is -0.456 e. The van der Waals surface area contributed by atoms with Crippen molar-refractivity contribution in [2.24, 2.45) is 0 Å². The number of esters is 1. The summed E-state index contributed by atoms with van der Waals surface area (Å²) in [7, 11) is 0. The average molecular weight is 216 g/mol. The van der Waals surface area contributed by atoms with Crippen molar-refractivity contribution in [3.63, 3.8) is 0 Å². The fraction of sp³-hybridized carbons (Fsp3) is 0.357. The molecule has 0 aliphatic carbocycles. The molecule has 2 heteroatoms. The summed E-state index contributed by atoms with van der Waals surface area (Å²) in [5, 5.41) is 0. The molecule has 1 unspecified atom stereocenters. The molecule has 84 valence electrons. The quantitative estimate of drug-likeness (QED) is 0.441. The van der Waals surface area contributed by atoms with Crippen molar-refractivity contribution >= 4 is 5.97 Å². The van der Waals surface area contributed by atoms with E-state index in [4.69, 9.17) is 4.74 Å². The van der Waals surface area contributed by atoms with Crippen molar-refractivity contribution in [2.75, 3.05) is 6.61 Å². The first-order chi connectivity index (χ1) is 7.77. The summed E-state index contributed by atoms with van der Waals surface area (Å²) < 4.78 is 4.76. The molecule has 16 heavy (non-hydrogen) atoms. The zero-order chi connectivity index (χ0) is 11.8. The monoisotopic (exact) mass is 216 g/mol. The number of hydrogen-bond acceptors (Lipinski definition) is 2. The number of carbonyl (C=O) groups excluding carboxylic acids is 1. The van der Waals surface area contributed by atoms with E-state index in [0.717, 1.165) is 12.0 Å². The Balaban J connectivity index is 2.73. The lowest BCUT2D eigenvalue weighted by atomic mass is 9.97. The van der Waals surface area contributed by atoms with Gasteiger partial charge in [-0.05, 0) is 18.9 Å². The highest BCUT2D eigenvalue weighted by Crippen LogP contribution is 2.17. The maximum absolute atomic E-state index is 11.1. The number of rotatable bonds is 3. The summed E-state index contributed by atoms with van der Waals surface area (Å²) >= 11 is 0. The van der Waals surface area contributed by atoms with E-state index in [2.05, 4.69) is 18.8 Å². The Hall–Kier alpha value is -1.75. The smallest absolute Gasteiger partial charge is 0.384 e. The van der Waals surface area contributed by atoms with Crippen LogP contribution in [0, 0.1) is 11.8 Å². The molecular weight excluding hydrogens is 200 g/mol. The molecule has 0 amide bonds. The van der Waals surface area contributed by atoms with Crippen LogP contribution in [0.4, 0.5) is 0 Å². The van der Waals surface area contributed by atoms with E-state index in [9.17, 15) is 4.79 Å². The Morgan fingerprint density at radius 3 is 2.56 bits per heavy atom. The number of carbonyl (C=O) groups is 1. The summed E-state index contributed by atoms with van der Waals surface area (Å²) in [5.74, 6) is 5.12. The van der Waals surface area contributed by atoms with Gasteiger partial charge in [-0.1, -0.05) is 43.2 Å². The predicted molar refractivity (Wildman–Crippen MR) is 63.9 cm³/mol. The first-order valence-corrected chi connectivity index (χ1v) is 5.51. The van der Waals surface area contributed by atoms with Gasteiger partial charge in [-0.2, -0.15) is 0 Å². The number of ether oxygens (including phenoxy) is 1. The molecule has 2 nitrogen and oxygen atoms in total. The van der Waals surface area contributed by atoms with Crippen molar-refractivity contribution in [2.45, 2.75) is 26.2 Å². The minimum absolute atomic E-state index is 0.102. The number of benzene rings is 1. The van der Waals surface area contributed by atoms with E-state index in [1.54, 1.807) is 6.92 Å². The van der Waals surface area contributed by atoms with Crippen LogP contribution in [-0.4, -0.2) is 12.6 Å². The first kappa shape index (κ1) is 12.3. The lowest BCUT2D eigenvalue weighted by molar-refractivity contribution is -0.136. The van der Waals surface area contributed by atoms with Gasteiger partial charge in [0.1, 0.15) is 0 Å². The molecular formula is C14H16O2. The van der Waals surface area contributed by atoms with E-state index < -0.39 is 5.97 Å².